The Morgan fingerprint density at radius 2 is 0.940 bits per heavy atom. The summed E-state index contributed by atoms with van der Waals surface area (Å²) in [4.78, 5) is 2.54. The zero-order valence-corrected chi connectivity index (χ0v) is 27.5. The molecule has 2 heterocycles. The zero-order chi connectivity index (χ0) is 33.0. The van der Waals surface area contributed by atoms with Crippen molar-refractivity contribution >= 4 is 38.8 Å². The Morgan fingerprint density at radius 3 is 1.58 bits per heavy atom. The Labute approximate surface area is 292 Å². The highest BCUT2D eigenvalue weighted by Crippen LogP contribution is 2.50. The van der Waals surface area contributed by atoms with Gasteiger partial charge in [-0.3, -0.25) is 0 Å². The molecular weight excluding hydrogens is 605 g/mol. The van der Waals surface area contributed by atoms with Gasteiger partial charge in [-0.15, -0.1) is 0 Å². The van der Waals surface area contributed by atoms with E-state index in [2.05, 4.69) is 204 Å². The van der Waals surface area contributed by atoms with Crippen LogP contribution in [0.5, 0.6) is 0 Å². The standard InChI is InChI=1S/C48H34N2/c1-5-13-33(14-6-1)35-21-25-41-43-27-23-37(31-47(43)49(45(41)29-35)39-17-9-3-10-18-39)38-24-28-44-42-26-22-36(34-15-7-2-8-16-34)30-46(42)50(48(44)32-38)40-19-11-4-12-20-40/h1-32,41,45H. The summed E-state index contributed by atoms with van der Waals surface area (Å²) in [5, 5.41) is 2.52. The lowest BCUT2D eigenvalue weighted by atomic mass is 9.86. The second-order valence-corrected chi connectivity index (χ2v) is 13.3. The molecule has 0 saturated carbocycles. The van der Waals surface area contributed by atoms with Crippen LogP contribution in [0.25, 0.3) is 55.3 Å². The summed E-state index contributed by atoms with van der Waals surface area (Å²) < 4.78 is 2.43. The van der Waals surface area contributed by atoms with Crippen molar-refractivity contribution in [3.05, 3.63) is 205 Å². The maximum Gasteiger partial charge on any atom is 0.0635 e. The molecule has 50 heavy (non-hydrogen) atoms. The quantitative estimate of drug-likeness (QED) is 0.182. The summed E-state index contributed by atoms with van der Waals surface area (Å²) in [6.07, 6.45) is 7.17. The number of nitrogens with zero attached hydrogens (tertiary/aromatic N) is 2. The maximum absolute atomic E-state index is 2.54. The highest BCUT2D eigenvalue weighted by Gasteiger charge is 2.38. The fraction of sp³-hybridized carbons (Fsp3) is 0.0417. The molecule has 2 heteroatoms. The lowest BCUT2D eigenvalue weighted by molar-refractivity contribution is 0.747. The number of hydrogen-bond acceptors (Lipinski definition) is 1. The van der Waals surface area contributed by atoms with Crippen molar-refractivity contribution < 1.29 is 0 Å². The molecule has 10 rings (SSSR count). The van der Waals surface area contributed by atoms with Crippen LogP contribution in [0.15, 0.2) is 194 Å². The SMILES string of the molecule is C1=CC2c3ccc(-c4ccc5c6ccc(-c7ccccc7)cc6n(-c6ccccc6)c5c4)cc3N(c3ccccc3)C2C=C1c1ccccc1. The third-order valence-corrected chi connectivity index (χ3v) is 10.5. The Balaban J connectivity index is 1.13. The average Bonchev–Trinajstić information content (AvgIpc) is 3.70. The van der Waals surface area contributed by atoms with Crippen LogP contribution in [-0.2, 0) is 0 Å². The van der Waals surface area contributed by atoms with Gasteiger partial charge in [0.1, 0.15) is 0 Å². The average molecular weight is 639 g/mol. The minimum absolute atomic E-state index is 0.199. The summed E-state index contributed by atoms with van der Waals surface area (Å²) in [6, 6.07) is 64.2. The van der Waals surface area contributed by atoms with Crippen LogP contribution >= 0.6 is 0 Å². The first-order valence-corrected chi connectivity index (χ1v) is 17.4. The largest absolute Gasteiger partial charge is 0.333 e. The van der Waals surface area contributed by atoms with E-state index in [1.807, 2.05) is 0 Å². The summed E-state index contributed by atoms with van der Waals surface area (Å²) in [6.45, 7) is 0. The van der Waals surface area contributed by atoms with Crippen LogP contribution in [0.4, 0.5) is 11.4 Å². The molecule has 236 valence electrons. The summed E-state index contributed by atoms with van der Waals surface area (Å²) >= 11 is 0. The molecule has 8 aromatic rings. The van der Waals surface area contributed by atoms with Gasteiger partial charge in [-0.1, -0.05) is 152 Å². The summed E-state index contributed by atoms with van der Waals surface area (Å²) in [5.41, 5.74) is 14.8. The number of benzene rings is 7. The van der Waals surface area contributed by atoms with Crippen molar-refractivity contribution in [2.45, 2.75) is 12.0 Å². The number of rotatable bonds is 5. The van der Waals surface area contributed by atoms with Crippen LogP contribution in [0, 0.1) is 0 Å². The number of aromatic nitrogens is 1. The van der Waals surface area contributed by atoms with Gasteiger partial charge in [0.05, 0.1) is 17.1 Å². The van der Waals surface area contributed by atoms with Crippen molar-refractivity contribution in [1.82, 2.24) is 4.57 Å². The summed E-state index contributed by atoms with van der Waals surface area (Å²) in [7, 11) is 0. The second-order valence-electron chi connectivity index (χ2n) is 13.3. The van der Waals surface area contributed by atoms with Gasteiger partial charge < -0.3 is 9.47 Å². The molecule has 0 bridgehead atoms. The first-order chi connectivity index (χ1) is 24.8. The molecule has 7 aromatic carbocycles. The molecule has 0 N–H and O–H groups in total. The molecule has 0 saturated heterocycles. The van der Waals surface area contributed by atoms with Gasteiger partial charge in [-0.25, -0.2) is 0 Å². The van der Waals surface area contributed by atoms with Gasteiger partial charge in [-0.05, 0) is 81.4 Å². The number of hydrogen-bond donors (Lipinski definition) is 0. The number of allylic oxidation sites excluding steroid dienone is 2. The molecule has 2 atom stereocenters. The lowest BCUT2D eigenvalue weighted by Gasteiger charge is -2.30. The normalized spacial score (nSPS) is 16.4. The van der Waals surface area contributed by atoms with Gasteiger partial charge in [-0.2, -0.15) is 0 Å². The minimum atomic E-state index is 0.199. The smallest absolute Gasteiger partial charge is 0.0635 e. The van der Waals surface area contributed by atoms with E-state index in [1.165, 1.54) is 72.1 Å². The molecule has 1 aliphatic heterocycles. The van der Waals surface area contributed by atoms with Crippen molar-refractivity contribution in [2.75, 3.05) is 4.90 Å². The third kappa shape index (κ3) is 4.64. The monoisotopic (exact) mass is 638 g/mol. The van der Waals surface area contributed by atoms with E-state index in [9.17, 15) is 0 Å². The van der Waals surface area contributed by atoms with Gasteiger partial charge >= 0.3 is 0 Å². The molecule has 0 spiro atoms. The van der Waals surface area contributed by atoms with Crippen LogP contribution < -0.4 is 4.90 Å². The van der Waals surface area contributed by atoms with E-state index >= 15 is 0 Å². The lowest BCUT2D eigenvalue weighted by Crippen LogP contribution is -2.29. The first kappa shape index (κ1) is 28.6. The van der Waals surface area contributed by atoms with Crippen LogP contribution in [0.2, 0.25) is 0 Å². The predicted octanol–water partition coefficient (Wildman–Crippen LogP) is 12.4. The Morgan fingerprint density at radius 1 is 0.420 bits per heavy atom. The van der Waals surface area contributed by atoms with Crippen LogP contribution in [-0.4, -0.2) is 10.6 Å². The molecule has 0 fully saturated rings. The molecular formula is C48H34N2. The van der Waals surface area contributed by atoms with Gasteiger partial charge in [0, 0.05) is 33.8 Å². The molecule has 1 aliphatic carbocycles. The van der Waals surface area contributed by atoms with Gasteiger partial charge in [0.25, 0.3) is 0 Å². The van der Waals surface area contributed by atoms with E-state index in [-0.39, 0.29) is 12.0 Å². The molecule has 0 radical (unpaired) electrons. The maximum atomic E-state index is 2.54. The minimum Gasteiger partial charge on any atom is -0.333 e. The highest BCUT2D eigenvalue weighted by molar-refractivity contribution is 6.11. The van der Waals surface area contributed by atoms with E-state index in [0.717, 1.165) is 5.69 Å². The number of anilines is 2. The van der Waals surface area contributed by atoms with Crippen molar-refractivity contribution in [3.63, 3.8) is 0 Å². The number of fused-ring (bicyclic) bond motifs is 6. The van der Waals surface area contributed by atoms with E-state index in [1.54, 1.807) is 0 Å². The molecule has 2 nitrogen and oxygen atoms in total. The van der Waals surface area contributed by atoms with Gasteiger partial charge in [0.2, 0.25) is 0 Å². The Bertz CT molecular complexity index is 2580. The second kappa shape index (κ2) is 11.6. The van der Waals surface area contributed by atoms with Crippen molar-refractivity contribution in [2.24, 2.45) is 0 Å². The first-order valence-electron chi connectivity index (χ1n) is 17.4. The van der Waals surface area contributed by atoms with E-state index < -0.39 is 0 Å². The predicted molar refractivity (Wildman–Crippen MR) is 210 cm³/mol. The van der Waals surface area contributed by atoms with Gasteiger partial charge in [0.15, 0.2) is 0 Å². The van der Waals surface area contributed by atoms with Crippen molar-refractivity contribution in [3.8, 4) is 27.9 Å². The molecule has 2 aliphatic rings. The Kier molecular flexibility index (Phi) is 6.67. The third-order valence-electron chi connectivity index (χ3n) is 10.5. The number of para-hydroxylation sites is 2. The topological polar surface area (TPSA) is 8.17 Å². The molecule has 2 unspecified atom stereocenters. The summed E-state index contributed by atoms with van der Waals surface area (Å²) in [5.74, 6) is 0.286. The Hall–Kier alpha value is -6.38. The molecule has 1 aromatic heterocycles. The van der Waals surface area contributed by atoms with Crippen molar-refractivity contribution in [1.29, 1.82) is 0 Å². The van der Waals surface area contributed by atoms with Crippen LogP contribution in [0.1, 0.15) is 17.0 Å². The van der Waals surface area contributed by atoms with E-state index in [4.69, 9.17) is 0 Å². The van der Waals surface area contributed by atoms with E-state index in [0.29, 0.717) is 0 Å². The zero-order valence-electron chi connectivity index (χ0n) is 27.5. The highest BCUT2D eigenvalue weighted by atomic mass is 15.2. The molecule has 0 amide bonds. The fourth-order valence-electron chi connectivity index (χ4n) is 8.15. The fourth-order valence-corrected chi connectivity index (χ4v) is 8.15. The van der Waals surface area contributed by atoms with Crippen LogP contribution in [0.3, 0.4) is 0 Å².